The SMILES string of the molecule is CC[C@H](C(=O)NC(C)(C)C)N(Cc1cccc(OC)c1)C(=O)CN(c1ccc(F)cc1)S(=O)(=O)N(C)C. The van der Waals surface area contributed by atoms with Crippen LogP contribution in [0, 0.1) is 5.82 Å². The Balaban J connectivity index is 2.53. The first-order valence-corrected chi connectivity index (χ1v) is 13.3. The van der Waals surface area contributed by atoms with E-state index in [1.807, 2.05) is 20.8 Å². The number of amides is 2. The van der Waals surface area contributed by atoms with E-state index in [-0.39, 0.29) is 18.1 Å². The summed E-state index contributed by atoms with van der Waals surface area (Å²) in [5.41, 5.74) is 0.291. The fourth-order valence-corrected chi connectivity index (χ4v) is 4.72. The summed E-state index contributed by atoms with van der Waals surface area (Å²) in [6.45, 7) is 6.76. The minimum Gasteiger partial charge on any atom is -0.497 e. The van der Waals surface area contributed by atoms with Gasteiger partial charge in [0.2, 0.25) is 11.8 Å². The number of nitrogens with zero attached hydrogens (tertiary/aromatic N) is 3. The lowest BCUT2D eigenvalue weighted by atomic mass is 10.1. The first kappa shape index (κ1) is 30.0. The number of methoxy groups -OCH3 is 1. The predicted octanol–water partition coefficient (Wildman–Crippen LogP) is 3.17. The second-order valence-electron chi connectivity index (χ2n) is 9.81. The Hall–Kier alpha value is -3.18. The van der Waals surface area contributed by atoms with Crippen molar-refractivity contribution in [2.75, 3.05) is 32.1 Å². The molecule has 0 radical (unpaired) electrons. The number of anilines is 1. The third kappa shape index (κ3) is 8.16. The van der Waals surface area contributed by atoms with Crippen molar-refractivity contribution < 1.29 is 27.1 Å². The highest BCUT2D eigenvalue weighted by atomic mass is 32.2. The summed E-state index contributed by atoms with van der Waals surface area (Å²) >= 11 is 0. The van der Waals surface area contributed by atoms with Crippen LogP contribution in [0.3, 0.4) is 0 Å². The minimum atomic E-state index is -4.12. The molecule has 0 spiro atoms. The zero-order valence-electron chi connectivity index (χ0n) is 22.5. The Morgan fingerprint density at radius 2 is 1.70 bits per heavy atom. The summed E-state index contributed by atoms with van der Waals surface area (Å²) in [5, 5.41) is 2.91. The number of hydrogen-bond acceptors (Lipinski definition) is 5. The zero-order valence-corrected chi connectivity index (χ0v) is 23.3. The smallest absolute Gasteiger partial charge is 0.304 e. The molecule has 0 saturated carbocycles. The zero-order chi connectivity index (χ0) is 28.0. The number of carbonyl (C=O) groups is 2. The molecule has 0 fully saturated rings. The van der Waals surface area contributed by atoms with Crippen molar-refractivity contribution in [1.82, 2.24) is 14.5 Å². The topological polar surface area (TPSA) is 99.3 Å². The van der Waals surface area contributed by atoms with Crippen LogP contribution in [-0.2, 0) is 26.3 Å². The molecule has 0 bridgehead atoms. The number of rotatable bonds is 11. The fraction of sp³-hybridized carbons (Fsp3) is 0.462. The monoisotopic (exact) mass is 536 g/mol. The summed E-state index contributed by atoms with van der Waals surface area (Å²) in [6, 6.07) is 11.0. The van der Waals surface area contributed by atoms with E-state index in [0.717, 1.165) is 20.7 Å². The van der Waals surface area contributed by atoms with Gasteiger partial charge in [-0.1, -0.05) is 19.1 Å². The molecule has 11 heteroatoms. The summed E-state index contributed by atoms with van der Waals surface area (Å²) < 4.78 is 47.1. The van der Waals surface area contributed by atoms with E-state index in [0.29, 0.717) is 17.7 Å². The maximum atomic E-state index is 13.8. The third-order valence-electron chi connectivity index (χ3n) is 5.50. The van der Waals surface area contributed by atoms with Crippen LogP contribution in [0.4, 0.5) is 10.1 Å². The molecule has 0 heterocycles. The van der Waals surface area contributed by atoms with Crippen molar-refractivity contribution in [3.05, 3.63) is 59.9 Å². The largest absolute Gasteiger partial charge is 0.497 e. The molecule has 37 heavy (non-hydrogen) atoms. The van der Waals surface area contributed by atoms with Gasteiger partial charge in [-0.25, -0.2) is 8.70 Å². The van der Waals surface area contributed by atoms with Crippen LogP contribution in [0.15, 0.2) is 48.5 Å². The Morgan fingerprint density at radius 3 is 2.22 bits per heavy atom. The summed E-state index contributed by atoms with van der Waals surface area (Å²) in [5.74, 6) is -0.898. The van der Waals surface area contributed by atoms with Gasteiger partial charge in [0.25, 0.3) is 0 Å². The Morgan fingerprint density at radius 1 is 1.08 bits per heavy atom. The number of benzene rings is 2. The molecular formula is C26H37FN4O5S. The van der Waals surface area contributed by atoms with Crippen molar-refractivity contribution in [3.8, 4) is 5.75 Å². The van der Waals surface area contributed by atoms with Crippen molar-refractivity contribution in [2.24, 2.45) is 0 Å². The van der Waals surface area contributed by atoms with Crippen molar-refractivity contribution in [2.45, 2.75) is 52.2 Å². The normalized spacial score (nSPS) is 12.7. The molecule has 0 saturated heterocycles. The Kier molecular flexibility index (Phi) is 10.0. The van der Waals surface area contributed by atoms with Gasteiger partial charge in [-0.05, 0) is 69.2 Å². The van der Waals surface area contributed by atoms with Gasteiger partial charge in [-0.3, -0.25) is 9.59 Å². The predicted molar refractivity (Wildman–Crippen MR) is 142 cm³/mol. The highest BCUT2D eigenvalue weighted by Crippen LogP contribution is 2.23. The molecule has 0 aliphatic heterocycles. The van der Waals surface area contributed by atoms with Crippen LogP contribution in [0.25, 0.3) is 0 Å². The molecule has 9 nitrogen and oxygen atoms in total. The number of halogens is 1. The second-order valence-corrected chi connectivity index (χ2v) is 11.9. The average molecular weight is 537 g/mol. The maximum Gasteiger partial charge on any atom is 0.304 e. The van der Waals surface area contributed by atoms with Crippen LogP contribution >= 0.6 is 0 Å². The van der Waals surface area contributed by atoms with E-state index in [1.54, 1.807) is 31.2 Å². The Labute approximate surface area is 219 Å². The van der Waals surface area contributed by atoms with Crippen LogP contribution in [-0.4, -0.2) is 68.8 Å². The van der Waals surface area contributed by atoms with Gasteiger partial charge in [0.15, 0.2) is 0 Å². The molecule has 1 N–H and O–H groups in total. The van der Waals surface area contributed by atoms with E-state index in [1.165, 1.54) is 38.2 Å². The van der Waals surface area contributed by atoms with E-state index in [4.69, 9.17) is 4.74 Å². The maximum absolute atomic E-state index is 13.8. The summed E-state index contributed by atoms with van der Waals surface area (Å²) in [4.78, 5) is 28.4. The number of nitrogens with one attached hydrogen (secondary N) is 1. The van der Waals surface area contributed by atoms with Gasteiger partial charge in [0.05, 0.1) is 12.8 Å². The van der Waals surface area contributed by atoms with Gasteiger partial charge < -0.3 is 15.0 Å². The molecule has 204 valence electrons. The number of carbonyl (C=O) groups excluding carboxylic acids is 2. The number of hydrogen-bond donors (Lipinski definition) is 1. The molecular weight excluding hydrogens is 499 g/mol. The van der Waals surface area contributed by atoms with E-state index >= 15 is 0 Å². The molecule has 0 unspecified atom stereocenters. The molecule has 2 rings (SSSR count). The van der Waals surface area contributed by atoms with Crippen LogP contribution in [0.5, 0.6) is 5.75 Å². The molecule has 1 atom stereocenters. The standard InChI is InChI=1S/C26H37FN4O5S/c1-8-23(25(33)28-26(2,3)4)30(17-19-10-9-11-22(16-19)36-7)24(32)18-31(37(34,35)29(5)6)21-14-12-20(27)13-15-21/h9-16,23H,8,17-18H2,1-7H3,(H,28,33)/t23-/m1/s1. The van der Waals surface area contributed by atoms with Gasteiger partial charge in [-0.2, -0.15) is 12.7 Å². The lowest BCUT2D eigenvalue weighted by Crippen LogP contribution is -2.55. The molecule has 2 aromatic carbocycles. The molecule has 0 aromatic heterocycles. The van der Waals surface area contributed by atoms with Gasteiger partial charge in [-0.15, -0.1) is 0 Å². The third-order valence-corrected chi connectivity index (χ3v) is 7.32. The van der Waals surface area contributed by atoms with Crippen molar-refractivity contribution in [1.29, 1.82) is 0 Å². The minimum absolute atomic E-state index is 0.0470. The van der Waals surface area contributed by atoms with Crippen molar-refractivity contribution >= 4 is 27.7 Å². The summed E-state index contributed by atoms with van der Waals surface area (Å²) in [6.07, 6.45) is 0.300. The number of ether oxygens (including phenoxy) is 1. The van der Waals surface area contributed by atoms with Crippen LogP contribution < -0.4 is 14.4 Å². The van der Waals surface area contributed by atoms with Gasteiger partial charge in [0.1, 0.15) is 24.2 Å². The summed E-state index contributed by atoms with van der Waals surface area (Å²) in [7, 11) is 0.0923. The molecule has 0 aliphatic rings. The Bertz CT molecular complexity index is 1180. The van der Waals surface area contributed by atoms with Gasteiger partial charge >= 0.3 is 10.2 Å². The first-order chi connectivity index (χ1) is 17.2. The van der Waals surface area contributed by atoms with E-state index < -0.39 is 40.1 Å². The second kappa shape index (κ2) is 12.4. The quantitative estimate of drug-likeness (QED) is 0.476. The lowest BCUT2D eigenvalue weighted by Gasteiger charge is -2.35. The van der Waals surface area contributed by atoms with E-state index in [2.05, 4.69) is 5.32 Å². The highest BCUT2D eigenvalue weighted by Gasteiger charge is 2.34. The molecule has 2 amide bonds. The van der Waals surface area contributed by atoms with Crippen LogP contribution in [0.2, 0.25) is 0 Å². The first-order valence-electron chi connectivity index (χ1n) is 11.9. The lowest BCUT2D eigenvalue weighted by molar-refractivity contribution is -0.141. The fourth-order valence-electron chi connectivity index (χ4n) is 3.66. The highest BCUT2D eigenvalue weighted by molar-refractivity contribution is 7.90. The molecule has 0 aliphatic carbocycles. The van der Waals surface area contributed by atoms with Crippen molar-refractivity contribution in [3.63, 3.8) is 0 Å². The van der Waals surface area contributed by atoms with Gasteiger partial charge in [0, 0.05) is 26.2 Å². The molecule has 2 aromatic rings. The average Bonchev–Trinajstić information content (AvgIpc) is 2.81. The van der Waals surface area contributed by atoms with Crippen LogP contribution in [0.1, 0.15) is 39.7 Å². The van der Waals surface area contributed by atoms with E-state index in [9.17, 15) is 22.4 Å².